The van der Waals surface area contributed by atoms with Crippen molar-refractivity contribution in [1.82, 2.24) is 25.0 Å². The van der Waals surface area contributed by atoms with Gasteiger partial charge in [-0.15, -0.1) is 22.6 Å². The summed E-state index contributed by atoms with van der Waals surface area (Å²) in [6, 6.07) is 0. The van der Waals surface area contributed by atoms with Gasteiger partial charge >= 0.3 is 0 Å². The molecule has 2 fully saturated rings. The lowest BCUT2D eigenvalue weighted by atomic mass is 9.79. The van der Waals surface area contributed by atoms with Gasteiger partial charge in [0.15, 0.2) is 0 Å². The minimum atomic E-state index is 0. The second-order valence-corrected chi connectivity index (χ2v) is 7.27. The van der Waals surface area contributed by atoms with Crippen LogP contribution in [0.15, 0.2) is 0 Å². The van der Waals surface area contributed by atoms with Gasteiger partial charge in [0.2, 0.25) is 5.82 Å². The lowest BCUT2D eigenvalue weighted by Crippen LogP contribution is -2.42. The van der Waals surface area contributed by atoms with Crippen LogP contribution in [0.25, 0.3) is 0 Å². The third-order valence-electron chi connectivity index (χ3n) is 5.93. The van der Waals surface area contributed by atoms with Crippen LogP contribution in [0.5, 0.6) is 0 Å². The van der Waals surface area contributed by atoms with E-state index in [2.05, 4.69) is 15.5 Å². The second kappa shape index (κ2) is 7.83. The molecule has 2 saturated heterocycles. The molecule has 1 amide bonds. The number of aromatic nitrogens is 3. The molecule has 3 aliphatic heterocycles. The number of halogens is 1. The largest absolute Gasteiger partial charge is 0.336 e. The number of amides is 1. The SMILES string of the molecule is Cl.O=C(c1nnc2n1CCCC2)N1CCC(C2CCNCC2)CC1. The van der Waals surface area contributed by atoms with Crippen molar-refractivity contribution in [2.45, 2.75) is 51.5 Å². The smallest absolute Gasteiger partial charge is 0.291 e. The minimum Gasteiger partial charge on any atom is -0.336 e. The van der Waals surface area contributed by atoms with E-state index in [1.807, 2.05) is 9.47 Å². The molecule has 24 heavy (non-hydrogen) atoms. The highest BCUT2D eigenvalue weighted by atomic mass is 35.5. The Kier molecular flexibility index (Phi) is 5.76. The van der Waals surface area contributed by atoms with Gasteiger partial charge in [0, 0.05) is 26.1 Å². The number of carbonyl (C=O) groups is 1. The Balaban J connectivity index is 0.00000169. The van der Waals surface area contributed by atoms with E-state index < -0.39 is 0 Å². The van der Waals surface area contributed by atoms with E-state index in [0.717, 1.165) is 82.5 Å². The zero-order valence-corrected chi connectivity index (χ0v) is 15.1. The molecule has 0 atom stereocenters. The van der Waals surface area contributed by atoms with Crippen LogP contribution in [0.3, 0.4) is 0 Å². The lowest BCUT2D eigenvalue weighted by Gasteiger charge is -2.37. The van der Waals surface area contributed by atoms with Crippen LogP contribution in [-0.4, -0.2) is 51.8 Å². The lowest BCUT2D eigenvalue weighted by molar-refractivity contribution is 0.0624. The van der Waals surface area contributed by atoms with Crippen molar-refractivity contribution in [2.75, 3.05) is 26.2 Å². The number of nitrogens with one attached hydrogen (secondary N) is 1. The number of carbonyl (C=O) groups excluding carboxylic acids is 1. The molecule has 0 saturated carbocycles. The Bertz CT molecular complexity index is 561. The molecule has 0 aliphatic carbocycles. The van der Waals surface area contributed by atoms with Crippen LogP contribution in [0.4, 0.5) is 0 Å². The summed E-state index contributed by atoms with van der Waals surface area (Å²) in [6.07, 6.45) is 8.15. The van der Waals surface area contributed by atoms with Crippen LogP contribution in [0.2, 0.25) is 0 Å². The Hall–Kier alpha value is -1.14. The Morgan fingerprint density at radius 3 is 2.42 bits per heavy atom. The molecule has 134 valence electrons. The number of hydrogen-bond donors (Lipinski definition) is 1. The maximum atomic E-state index is 12.8. The van der Waals surface area contributed by atoms with Gasteiger partial charge in [-0.2, -0.15) is 0 Å². The number of piperidine rings is 2. The summed E-state index contributed by atoms with van der Waals surface area (Å²) in [7, 11) is 0. The molecule has 0 radical (unpaired) electrons. The van der Waals surface area contributed by atoms with Crippen LogP contribution >= 0.6 is 12.4 Å². The Labute approximate surface area is 149 Å². The quantitative estimate of drug-likeness (QED) is 0.881. The average molecular weight is 354 g/mol. The summed E-state index contributed by atoms with van der Waals surface area (Å²) in [5.74, 6) is 3.31. The first-order valence-electron chi connectivity index (χ1n) is 9.25. The third kappa shape index (κ3) is 3.45. The van der Waals surface area contributed by atoms with Gasteiger partial charge in [-0.25, -0.2) is 0 Å². The highest BCUT2D eigenvalue weighted by Crippen LogP contribution is 2.31. The summed E-state index contributed by atoms with van der Waals surface area (Å²) in [6.45, 7) is 4.99. The number of nitrogens with zero attached hydrogens (tertiary/aromatic N) is 4. The Morgan fingerprint density at radius 1 is 0.958 bits per heavy atom. The monoisotopic (exact) mass is 353 g/mol. The molecule has 3 aliphatic rings. The number of hydrogen-bond acceptors (Lipinski definition) is 4. The predicted octanol–water partition coefficient (Wildman–Crippen LogP) is 1.89. The van der Waals surface area contributed by atoms with Crippen molar-refractivity contribution < 1.29 is 4.79 Å². The molecule has 0 spiro atoms. The normalized spacial score (nSPS) is 22.8. The fourth-order valence-electron chi connectivity index (χ4n) is 4.50. The fourth-order valence-corrected chi connectivity index (χ4v) is 4.50. The van der Waals surface area contributed by atoms with Gasteiger partial charge in [-0.1, -0.05) is 0 Å². The van der Waals surface area contributed by atoms with Crippen molar-refractivity contribution in [3.8, 4) is 0 Å². The molecule has 0 bridgehead atoms. The predicted molar refractivity (Wildman–Crippen MR) is 94.4 cm³/mol. The summed E-state index contributed by atoms with van der Waals surface area (Å²) in [5, 5.41) is 11.9. The molecule has 7 heteroatoms. The van der Waals surface area contributed by atoms with E-state index in [1.54, 1.807) is 0 Å². The fraction of sp³-hybridized carbons (Fsp3) is 0.824. The summed E-state index contributed by atoms with van der Waals surface area (Å²) >= 11 is 0. The standard InChI is InChI=1S/C17H27N5O.ClH/c23-17(16-20-19-15-3-1-2-10-22(15)16)21-11-6-14(7-12-21)13-4-8-18-9-5-13;/h13-14,18H,1-12H2;1H. The van der Waals surface area contributed by atoms with E-state index in [9.17, 15) is 4.79 Å². The topological polar surface area (TPSA) is 63.1 Å². The maximum Gasteiger partial charge on any atom is 0.291 e. The molecular formula is C17H28ClN5O. The highest BCUT2D eigenvalue weighted by molar-refractivity contribution is 5.90. The Morgan fingerprint density at radius 2 is 1.67 bits per heavy atom. The van der Waals surface area contributed by atoms with Crippen LogP contribution in [-0.2, 0) is 13.0 Å². The van der Waals surface area contributed by atoms with Gasteiger partial charge in [0.25, 0.3) is 5.91 Å². The van der Waals surface area contributed by atoms with E-state index in [0.29, 0.717) is 5.82 Å². The first kappa shape index (κ1) is 17.7. The minimum absolute atomic E-state index is 0. The van der Waals surface area contributed by atoms with Crippen molar-refractivity contribution in [1.29, 1.82) is 0 Å². The molecule has 4 rings (SSSR count). The van der Waals surface area contributed by atoms with Gasteiger partial charge in [0.05, 0.1) is 0 Å². The van der Waals surface area contributed by atoms with Crippen molar-refractivity contribution in [3.05, 3.63) is 11.6 Å². The van der Waals surface area contributed by atoms with E-state index in [4.69, 9.17) is 0 Å². The van der Waals surface area contributed by atoms with Gasteiger partial charge in [-0.3, -0.25) is 4.79 Å². The zero-order valence-electron chi connectivity index (χ0n) is 14.2. The first-order valence-corrected chi connectivity index (χ1v) is 9.25. The summed E-state index contributed by atoms with van der Waals surface area (Å²) in [4.78, 5) is 14.8. The highest BCUT2D eigenvalue weighted by Gasteiger charge is 2.31. The van der Waals surface area contributed by atoms with E-state index in [-0.39, 0.29) is 18.3 Å². The second-order valence-electron chi connectivity index (χ2n) is 7.27. The van der Waals surface area contributed by atoms with Gasteiger partial charge < -0.3 is 14.8 Å². The number of fused-ring (bicyclic) bond motifs is 1. The maximum absolute atomic E-state index is 12.8. The molecule has 0 aromatic carbocycles. The zero-order chi connectivity index (χ0) is 15.6. The molecule has 6 nitrogen and oxygen atoms in total. The van der Waals surface area contributed by atoms with E-state index in [1.165, 1.54) is 12.8 Å². The molecule has 4 heterocycles. The van der Waals surface area contributed by atoms with Crippen LogP contribution in [0.1, 0.15) is 55.0 Å². The van der Waals surface area contributed by atoms with Crippen LogP contribution in [0, 0.1) is 11.8 Å². The molecule has 1 N–H and O–H groups in total. The first-order chi connectivity index (χ1) is 11.3. The summed E-state index contributed by atoms with van der Waals surface area (Å²) < 4.78 is 2.05. The molecule has 1 aromatic rings. The van der Waals surface area contributed by atoms with Crippen molar-refractivity contribution >= 4 is 18.3 Å². The van der Waals surface area contributed by atoms with Crippen LogP contribution < -0.4 is 5.32 Å². The van der Waals surface area contributed by atoms with Crippen molar-refractivity contribution in [3.63, 3.8) is 0 Å². The molecular weight excluding hydrogens is 326 g/mol. The number of aryl methyl sites for hydroxylation is 1. The number of rotatable bonds is 2. The van der Waals surface area contributed by atoms with Crippen molar-refractivity contribution in [2.24, 2.45) is 11.8 Å². The average Bonchev–Trinajstić information content (AvgIpc) is 3.06. The van der Waals surface area contributed by atoms with Gasteiger partial charge in [0.1, 0.15) is 5.82 Å². The number of likely N-dealkylation sites (tertiary alicyclic amines) is 1. The van der Waals surface area contributed by atoms with Gasteiger partial charge in [-0.05, 0) is 63.5 Å². The van der Waals surface area contributed by atoms with E-state index >= 15 is 0 Å². The summed E-state index contributed by atoms with van der Waals surface area (Å²) in [5.41, 5.74) is 0. The molecule has 1 aromatic heterocycles. The third-order valence-corrected chi connectivity index (χ3v) is 5.93. The molecule has 0 unspecified atom stereocenters.